The van der Waals surface area contributed by atoms with Crippen LogP contribution in [0.3, 0.4) is 0 Å². The van der Waals surface area contributed by atoms with E-state index in [1.54, 1.807) is 12.3 Å². The van der Waals surface area contributed by atoms with Crippen LogP contribution in [0.2, 0.25) is 0 Å². The summed E-state index contributed by atoms with van der Waals surface area (Å²) < 4.78 is 27.8. The molecule has 3 aromatic heterocycles. The summed E-state index contributed by atoms with van der Waals surface area (Å²) >= 11 is 0. The molecule has 0 amide bonds. The fourth-order valence-electron chi connectivity index (χ4n) is 5.72. The molecule has 224 valence electrons. The molecule has 2 aliphatic rings. The molecule has 3 N–H and O–H groups in total. The number of carbonyl (C=O) groups is 1. The Hall–Kier alpha value is -4.55. The van der Waals surface area contributed by atoms with Gasteiger partial charge in [-0.25, -0.2) is 19.2 Å². The molecule has 2 fully saturated rings. The van der Waals surface area contributed by atoms with E-state index in [0.717, 1.165) is 49.0 Å². The molecule has 4 aromatic rings. The highest BCUT2D eigenvalue weighted by Crippen LogP contribution is 2.37. The highest BCUT2D eigenvalue weighted by Gasteiger charge is 2.25. The number of pyridine rings is 2. The largest absolute Gasteiger partial charge is 0.496 e. The summed E-state index contributed by atoms with van der Waals surface area (Å²) in [4.78, 5) is 23.3. The second-order valence-electron chi connectivity index (χ2n) is 10.7. The fraction of sp³-hybridized carbons (Fsp3) is 0.355. The van der Waals surface area contributed by atoms with E-state index in [1.807, 2.05) is 23.1 Å². The topological polar surface area (TPSA) is 135 Å². The van der Waals surface area contributed by atoms with Crippen LogP contribution in [0.1, 0.15) is 42.1 Å². The molecular weight excluding hydrogens is 555 g/mol. The minimum atomic E-state index is -1.24. The van der Waals surface area contributed by atoms with Gasteiger partial charge in [0.15, 0.2) is 0 Å². The van der Waals surface area contributed by atoms with E-state index in [4.69, 9.17) is 9.47 Å². The SMILES string of the molecule is COc1cccc(F)c1-c1nc(Nc2cc(N3CCC[C@H](O)C3)c(-c3cnn(C4CCOCC4)c3)cn2)ccc1C(=O)O. The molecule has 0 radical (unpaired) electrons. The number of aromatic carboxylic acids is 1. The van der Waals surface area contributed by atoms with Crippen molar-refractivity contribution in [3.8, 4) is 28.1 Å². The first-order valence-corrected chi connectivity index (χ1v) is 14.3. The number of aliphatic hydroxyl groups is 1. The lowest BCUT2D eigenvalue weighted by Crippen LogP contribution is -2.38. The number of hydrogen-bond acceptors (Lipinski definition) is 9. The summed E-state index contributed by atoms with van der Waals surface area (Å²) in [5, 5.41) is 28.1. The van der Waals surface area contributed by atoms with Crippen molar-refractivity contribution in [2.75, 3.05) is 43.6 Å². The maximum atomic E-state index is 15.0. The van der Waals surface area contributed by atoms with Crippen molar-refractivity contribution in [1.29, 1.82) is 0 Å². The second kappa shape index (κ2) is 12.4. The van der Waals surface area contributed by atoms with Crippen LogP contribution in [0.25, 0.3) is 22.4 Å². The molecule has 1 atom stereocenters. The number of β-amino-alcohol motifs (C(OH)–C–C–N with tert-alkyl or cyclic N) is 1. The first-order chi connectivity index (χ1) is 20.9. The van der Waals surface area contributed by atoms with Gasteiger partial charge in [0.1, 0.15) is 23.2 Å². The number of piperidine rings is 1. The van der Waals surface area contributed by atoms with Crippen molar-refractivity contribution >= 4 is 23.3 Å². The number of hydrogen-bond donors (Lipinski definition) is 3. The monoisotopic (exact) mass is 588 g/mol. The number of rotatable bonds is 8. The zero-order chi connectivity index (χ0) is 29.9. The normalized spacial score (nSPS) is 17.6. The molecule has 2 aliphatic heterocycles. The number of anilines is 3. The Labute approximate surface area is 247 Å². The van der Waals surface area contributed by atoms with Crippen molar-refractivity contribution in [2.24, 2.45) is 0 Å². The quantitative estimate of drug-likeness (QED) is 0.261. The number of carboxylic acid groups (broad SMARTS) is 1. The first kappa shape index (κ1) is 28.6. The number of nitrogens with one attached hydrogen (secondary N) is 1. The van der Waals surface area contributed by atoms with Gasteiger partial charge >= 0.3 is 5.97 Å². The van der Waals surface area contributed by atoms with Gasteiger partial charge in [-0.2, -0.15) is 5.10 Å². The van der Waals surface area contributed by atoms with Crippen molar-refractivity contribution in [1.82, 2.24) is 19.7 Å². The highest BCUT2D eigenvalue weighted by atomic mass is 19.1. The maximum absolute atomic E-state index is 15.0. The van der Waals surface area contributed by atoms with Crippen LogP contribution < -0.4 is 15.0 Å². The first-order valence-electron chi connectivity index (χ1n) is 14.3. The lowest BCUT2D eigenvalue weighted by molar-refractivity contribution is 0.0662. The number of nitrogens with zero attached hydrogens (tertiary/aromatic N) is 5. The van der Waals surface area contributed by atoms with Crippen LogP contribution in [-0.2, 0) is 4.74 Å². The molecular formula is C31H33FN6O5. The van der Waals surface area contributed by atoms with E-state index >= 15 is 0 Å². The molecule has 0 spiro atoms. The van der Waals surface area contributed by atoms with Crippen molar-refractivity contribution in [3.63, 3.8) is 0 Å². The highest BCUT2D eigenvalue weighted by molar-refractivity contribution is 5.96. The number of ether oxygens (including phenoxy) is 2. The summed E-state index contributed by atoms with van der Waals surface area (Å²) in [7, 11) is 1.39. The van der Waals surface area contributed by atoms with Gasteiger partial charge in [-0.3, -0.25) is 4.68 Å². The predicted octanol–water partition coefficient (Wildman–Crippen LogP) is 4.91. The third kappa shape index (κ3) is 6.02. The number of halogens is 1. The molecule has 12 heteroatoms. The number of methoxy groups -OCH3 is 1. The van der Waals surface area contributed by atoms with Crippen LogP contribution in [0.15, 0.2) is 55.0 Å². The van der Waals surface area contributed by atoms with E-state index in [0.29, 0.717) is 25.6 Å². The minimum absolute atomic E-state index is 0.0427. The van der Waals surface area contributed by atoms with E-state index in [2.05, 4.69) is 25.3 Å². The second-order valence-corrected chi connectivity index (χ2v) is 10.7. The van der Waals surface area contributed by atoms with Crippen molar-refractivity contribution in [3.05, 3.63) is 66.4 Å². The van der Waals surface area contributed by atoms with Crippen LogP contribution in [-0.4, -0.2) is 75.4 Å². The molecule has 0 bridgehead atoms. The molecule has 6 rings (SSSR count). The Morgan fingerprint density at radius 3 is 2.74 bits per heavy atom. The average molecular weight is 589 g/mol. The number of benzene rings is 1. The zero-order valence-electron chi connectivity index (χ0n) is 23.7. The smallest absolute Gasteiger partial charge is 0.337 e. The Balaban J connectivity index is 1.37. The molecule has 11 nitrogen and oxygen atoms in total. The van der Waals surface area contributed by atoms with Gasteiger partial charge in [-0.05, 0) is 49.9 Å². The lowest BCUT2D eigenvalue weighted by atomic mass is 10.0. The number of aliphatic hydroxyl groups excluding tert-OH is 1. The molecule has 1 aromatic carbocycles. The van der Waals surface area contributed by atoms with Crippen molar-refractivity contribution < 1.29 is 28.9 Å². The van der Waals surface area contributed by atoms with Gasteiger partial charge in [0.05, 0.1) is 48.0 Å². The minimum Gasteiger partial charge on any atom is -0.496 e. The third-order valence-electron chi connectivity index (χ3n) is 7.91. The van der Waals surface area contributed by atoms with Gasteiger partial charge in [-0.1, -0.05) is 6.07 Å². The van der Waals surface area contributed by atoms with E-state index < -0.39 is 17.9 Å². The Kier molecular flexibility index (Phi) is 8.21. The average Bonchev–Trinajstić information content (AvgIpc) is 3.51. The Morgan fingerprint density at radius 2 is 1.98 bits per heavy atom. The summed E-state index contributed by atoms with van der Waals surface area (Å²) in [6.07, 6.45) is 8.58. The molecule has 0 unspecified atom stereocenters. The standard InChI is InChI=1S/C31H33FN6O5/c1-42-26-6-2-5-24(32)29(26)30-22(31(40)41)7-8-27(36-30)35-28-14-25(37-11-3-4-21(39)18-37)23(16-33-28)19-15-34-38(17-19)20-9-12-43-13-10-20/h2,5-8,14-17,20-21,39H,3-4,9-13,18H2,1H3,(H,40,41)(H,33,35,36)/t21-/m0/s1. The lowest BCUT2D eigenvalue weighted by Gasteiger charge is -2.33. The Bertz CT molecular complexity index is 1620. The zero-order valence-corrected chi connectivity index (χ0v) is 23.7. The van der Waals surface area contributed by atoms with Gasteiger partial charge < -0.3 is 29.9 Å². The molecule has 5 heterocycles. The molecule has 2 saturated heterocycles. The fourth-order valence-corrected chi connectivity index (χ4v) is 5.72. The third-order valence-corrected chi connectivity index (χ3v) is 7.91. The molecule has 43 heavy (non-hydrogen) atoms. The van der Waals surface area contributed by atoms with Gasteiger partial charge in [0, 0.05) is 55.9 Å². The van der Waals surface area contributed by atoms with Crippen LogP contribution in [0.5, 0.6) is 5.75 Å². The van der Waals surface area contributed by atoms with Crippen molar-refractivity contribution in [2.45, 2.75) is 37.8 Å². The predicted molar refractivity (Wildman–Crippen MR) is 158 cm³/mol. The summed E-state index contributed by atoms with van der Waals surface area (Å²) in [6.45, 7) is 2.68. The van der Waals surface area contributed by atoms with E-state index in [9.17, 15) is 19.4 Å². The van der Waals surface area contributed by atoms with Gasteiger partial charge in [-0.15, -0.1) is 0 Å². The summed E-state index contributed by atoms with van der Waals surface area (Å²) in [5.41, 5.74) is 2.40. The van der Waals surface area contributed by atoms with E-state index in [-0.39, 0.29) is 34.4 Å². The number of aromatic nitrogens is 4. The van der Waals surface area contributed by atoms with E-state index in [1.165, 1.54) is 31.4 Å². The molecule has 0 saturated carbocycles. The van der Waals surface area contributed by atoms with Crippen LogP contribution in [0.4, 0.5) is 21.7 Å². The summed E-state index contributed by atoms with van der Waals surface area (Å²) in [6, 6.07) is 9.31. The molecule has 0 aliphatic carbocycles. The van der Waals surface area contributed by atoms with Crippen LogP contribution in [0, 0.1) is 5.82 Å². The van der Waals surface area contributed by atoms with Gasteiger partial charge in [0.25, 0.3) is 0 Å². The number of carboxylic acids is 1. The van der Waals surface area contributed by atoms with Crippen LogP contribution >= 0.6 is 0 Å². The maximum Gasteiger partial charge on any atom is 0.337 e. The Morgan fingerprint density at radius 1 is 1.14 bits per heavy atom. The van der Waals surface area contributed by atoms with Gasteiger partial charge in [0.2, 0.25) is 0 Å². The summed E-state index contributed by atoms with van der Waals surface area (Å²) in [5.74, 6) is -0.989.